The van der Waals surface area contributed by atoms with Crippen molar-refractivity contribution < 1.29 is 4.74 Å². The van der Waals surface area contributed by atoms with Crippen LogP contribution in [0, 0.1) is 5.92 Å². The Hall–Kier alpha value is -0.830. The van der Waals surface area contributed by atoms with Crippen molar-refractivity contribution in [1.29, 1.82) is 0 Å². The number of ether oxygens (including phenoxy) is 1. The van der Waals surface area contributed by atoms with Crippen LogP contribution in [0.25, 0.3) is 0 Å². The molecule has 2 heterocycles. The van der Waals surface area contributed by atoms with E-state index in [1.807, 2.05) is 25.0 Å². The van der Waals surface area contributed by atoms with Crippen molar-refractivity contribution >= 4 is 29.9 Å². The van der Waals surface area contributed by atoms with Crippen molar-refractivity contribution in [3.63, 3.8) is 0 Å². The first-order chi connectivity index (χ1) is 13.1. The molecule has 1 unspecified atom stereocenters. The van der Waals surface area contributed by atoms with Crippen molar-refractivity contribution in [1.82, 2.24) is 20.0 Å². The van der Waals surface area contributed by atoms with E-state index in [4.69, 9.17) is 4.74 Å². The Morgan fingerprint density at radius 2 is 2.14 bits per heavy atom. The number of halogens is 1. The Morgan fingerprint density at radius 1 is 1.36 bits per heavy atom. The highest BCUT2D eigenvalue weighted by atomic mass is 127. The number of hydrogen-bond donors (Lipinski definition) is 1. The number of nitrogens with one attached hydrogen (secondary N) is 1. The van der Waals surface area contributed by atoms with Gasteiger partial charge < -0.3 is 15.0 Å². The number of guanidine groups is 1. The van der Waals surface area contributed by atoms with Crippen LogP contribution in [0.2, 0.25) is 0 Å². The highest BCUT2D eigenvalue weighted by Crippen LogP contribution is 2.31. The predicted octanol–water partition coefficient (Wildman–Crippen LogP) is 3.61. The topological polar surface area (TPSA) is 54.7 Å². The lowest BCUT2D eigenvalue weighted by Gasteiger charge is -2.38. The van der Waals surface area contributed by atoms with Gasteiger partial charge in [-0.15, -0.1) is 24.0 Å². The van der Waals surface area contributed by atoms with Gasteiger partial charge in [0.05, 0.1) is 11.8 Å². The maximum Gasteiger partial charge on any atom is 0.193 e. The average Bonchev–Trinajstić information content (AvgIpc) is 3.31. The molecule has 1 aromatic heterocycles. The van der Waals surface area contributed by atoms with Crippen LogP contribution in [0.1, 0.15) is 57.4 Å². The molecule has 0 spiro atoms. The van der Waals surface area contributed by atoms with Gasteiger partial charge in [0.2, 0.25) is 0 Å². The number of hydrogen-bond acceptors (Lipinski definition) is 3. The summed E-state index contributed by atoms with van der Waals surface area (Å²) in [5, 5.41) is 7.95. The van der Waals surface area contributed by atoms with Crippen molar-refractivity contribution in [2.75, 3.05) is 33.3 Å². The lowest BCUT2D eigenvalue weighted by Crippen LogP contribution is -2.50. The number of likely N-dealkylation sites (tertiary alicyclic amines) is 1. The first-order valence-corrected chi connectivity index (χ1v) is 10.7. The fourth-order valence-electron chi connectivity index (χ4n) is 4.56. The van der Waals surface area contributed by atoms with Crippen LogP contribution in [-0.2, 0) is 18.2 Å². The minimum absolute atomic E-state index is 0. The molecule has 1 N–H and O–H groups in total. The van der Waals surface area contributed by atoms with Gasteiger partial charge in [-0.05, 0) is 43.6 Å². The highest BCUT2D eigenvalue weighted by Gasteiger charge is 2.34. The molecular weight excluding hydrogens is 465 g/mol. The highest BCUT2D eigenvalue weighted by molar-refractivity contribution is 14.0. The van der Waals surface area contributed by atoms with E-state index in [1.54, 1.807) is 0 Å². The van der Waals surface area contributed by atoms with Gasteiger partial charge >= 0.3 is 0 Å². The smallest absolute Gasteiger partial charge is 0.193 e. The molecule has 28 heavy (non-hydrogen) atoms. The van der Waals surface area contributed by atoms with Crippen molar-refractivity contribution in [3.8, 4) is 0 Å². The van der Waals surface area contributed by atoms with Gasteiger partial charge in [0, 0.05) is 46.5 Å². The molecule has 0 aromatic carbocycles. The molecule has 2 fully saturated rings. The third kappa shape index (κ3) is 6.34. The van der Waals surface area contributed by atoms with Gasteiger partial charge in [-0.2, -0.15) is 5.10 Å². The summed E-state index contributed by atoms with van der Waals surface area (Å²) in [4.78, 5) is 6.98. The second kappa shape index (κ2) is 11.4. The van der Waals surface area contributed by atoms with E-state index >= 15 is 0 Å². The first-order valence-electron chi connectivity index (χ1n) is 10.7. The fraction of sp³-hybridized carbons (Fsp3) is 0.810. The quantitative estimate of drug-likeness (QED) is 0.351. The summed E-state index contributed by atoms with van der Waals surface area (Å²) in [5.41, 5.74) is 1.33. The third-order valence-corrected chi connectivity index (χ3v) is 6.03. The molecule has 160 valence electrons. The fourth-order valence-corrected chi connectivity index (χ4v) is 4.56. The van der Waals surface area contributed by atoms with Crippen LogP contribution in [-0.4, -0.2) is 59.5 Å². The Bertz CT molecular complexity index is 612. The van der Waals surface area contributed by atoms with Crippen LogP contribution in [0.5, 0.6) is 0 Å². The van der Waals surface area contributed by atoms with Crippen LogP contribution >= 0.6 is 24.0 Å². The normalized spacial score (nSPS) is 22.2. The van der Waals surface area contributed by atoms with E-state index in [1.165, 1.54) is 44.1 Å². The van der Waals surface area contributed by atoms with Crippen molar-refractivity contribution in [3.05, 3.63) is 18.0 Å². The Balaban J connectivity index is 0.00000280. The second-order valence-electron chi connectivity index (χ2n) is 8.32. The third-order valence-electron chi connectivity index (χ3n) is 6.03. The van der Waals surface area contributed by atoms with E-state index in [9.17, 15) is 0 Å². The number of rotatable bonds is 7. The van der Waals surface area contributed by atoms with Crippen molar-refractivity contribution in [2.24, 2.45) is 18.0 Å². The van der Waals surface area contributed by atoms with E-state index < -0.39 is 0 Å². The van der Waals surface area contributed by atoms with Crippen LogP contribution in [0.3, 0.4) is 0 Å². The number of aryl methyl sites for hydroxylation is 1. The molecule has 1 saturated carbocycles. The number of aromatic nitrogens is 2. The molecule has 6 nitrogen and oxygen atoms in total. The molecule has 1 atom stereocenters. The first kappa shape index (κ1) is 23.4. The monoisotopic (exact) mass is 503 g/mol. The van der Waals surface area contributed by atoms with Gasteiger partial charge in [0.25, 0.3) is 0 Å². The predicted molar refractivity (Wildman–Crippen MR) is 125 cm³/mol. The zero-order valence-electron chi connectivity index (χ0n) is 17.8. The SMILES string of the molecule is CCCOC1(CNC(=NC)N2CCC(Cc3cnn(C)c3)C2)CCCCC1.I. The molecule has 1 aromatic rings. The molecule has 3 rings (SSSR count). The minimum Gasteiger partial charge on any atom is -0.373 e. The van der Waals surface area contributed by atoms with E-state index in [0.717, 1.165) is 45.0 Å². The van der Waals surface area contributed by atoms with Gasteiger partial charge in [-0.1, -0.05) is 26.2 Å². The van der Waals surface area contributed by atoms with Crippen molar-refractivity contribution in [2.45, 2.75) is 63.9 Å². The summed E-state index contributed by atoms with van der Waals surface area (Å²) in [7, 11) is 3.88. The van der Waals surface area contributed by atoms with Crippen LogP contribution in [0.4, 0.5) is 0 Å². The lowest BCUT2D eigenvalue weighted by molar-refractivity contribution is -0.0659. The van der Waals surface area contributed by atoms with Gasteiger partial charge in [-0.3, -0.25) is 9.67 Å². The van der Waals surface area contributed by atoms with Gasteiger partial charge in [-0.25, -0.2) is 0 Å². The molecule has 1 aliphatic heterocycles. The van der Waals surface area contributed by atoms with Crippen LogP contribution < -0.4 is 5.32 Å². The standard InChI is InChI=1S/C21H37N5O.HI/c1-4-12-27-21(9-6-5-7-10-21)17-23-20(22-2)26-11-8-18(16-26)13-19-14-24-25(3)15-19;/h14-15,18H,4-13,16-17H2,1-3H3,(H,22,23);1H. The molecule has 2 aliphatic rings. The molecule has 7 heteroatoms. The van der Waals surface area contributed by atoms with E-state index in [0.29, 0.717) is 5.92 Å². The molecule has 0 amide bonds. The molecule has 0 radical (unpaired) electrons. The Labute approximate surface area is 187 Å². The number of nitrogens with zero attached hydrogens (tertiary/aromatic N) is 4. The van der Waals surface area contributed by atoms with Gasteiger partial charge in [0.1, 0.15) is 0 Å². The van der Waals surface area contributed by atoms with E-state index in [2.05, 4.69) is 33.4 Å². The van der Waals surface area contributed by atoms with Gasteiger partial charge in [0.15, 0.2) is 5.96 Å². The van der Waals surface area contributed by atoms with Crippen LogP contribution in [0.15, 0.2) is 17.4 Å². The average molecular weight is 503 g/mol. The zero-order chi connectivity index (χ0) is 19.1. The molecule has 1 saturated heterocycles. The second-order valence-corrected chi connectivity index (χ2v) is 8.32. The molecule has 1 aliphatic carbocycles. The summed E-state index contributed by atoms with van der Waals surface area (Å²) >= 11 is 0. The summed E-state index contributed by atoms with van der Waals surface area (Å²) in [6.07, 6.45) is 13.8. The molecule has 0 bridgehead atoms. The maximum atomic E-state index is 6.33. The zero-order valence-corrected chi connectivity index (χ0v) is 20.2. The molecular formula is C21H38IN5O. The largest absolute Gasteiger partial charge is 0.373 e. The summed E-state index contributed by atoms with van der Waals surface area (Å²) in [6.45, 7) is 6.07. The Kier molecular flexibility index (Phi) is 9.53. The summed E-state index contributed by atoms with van der Waals surface area (Å²) < 4.78 is 8.23. The van der Waals surface area contributed by atoms with E-state index in [-0.39, 0.29) is 29.6 Å². The summed E-state index contributed by atoms with van der Waals surface area (Å²) in [5.74, 6) is 1.71. The lowest BCUT2D eigenvalue weighted by atomic mass is 9.84. The summed E-state index contributed by atoms with van der Waals surface area (Å²) in [6, 6.07) is 0. The minimum atomic E-state index is -0.000959. The Morgan fingerprint density at radius 3 is 2.79 bits per heavy atom. The number of aliphatic imine (C=N–C) groups is 1. The maximum absolute atomic E-state index is 6.33.